The maximum atomic E-state index is 4.85. The second kappa shape index (κ2) is 10.1. The van der Waals surface area contributed by atoms with Crippen LogP contribution in [0.5, 0.6) is 0 Å². The SMILES string of the molecule is Cc1ccc(-c2nnc(N/N=C\c3cn(-c4ccccc4)nc3-c3ccccc3)c3ccccc23)cc1C. The average molecular weight is 495 g/mol. The molecule has 6 nitrogen and oxygen atoms in total. The number of fused-ring (bicyclic) bond motifs is 1. The molecule has 0 aliphatic carbocycles. The first-order chi connectivity index (χ1) is 18.7. The summed E-state index contributed by atoms with van der Waals surface area (Å²) in [5, 5.41) is 20.5. The Morgan fingerprint density at radius 3 is 2.16 bits per heavy atom. The molecule has 0 saturated carbocycles. The smallest absolute Gasteiger partial charge is 0.176 e. The molecular formula is C32H26N6. The number of nitrogens with zero attached hydrogens (tertiary/aromatic N) is 5. The summed E-state index contributed by atoms with van der Waals surface area (Å²) in [4.78, 5) is 0. The highest BCUT2D eigenvalue weighted by Gasteiger charge is 2.13. The molecule has 6 aromatic rings. The fourth-order valence-corrected chi connectivity index (χ4v) is 4.47. The van der Waals surface area contributed by atoms with Crippen molar-refractivity contribution in [2.45, 2.75) is 13.8 Å². The fourth-order valence-electron chi connectivity index (χ4n) is 4.47. The predicted molar refractivity (Wildman–Crippen MR) is 155 cm³/mol. The van der Waals surface area contributed by atoms with Crippen LogP contribution in [0.1, 0.15) is 16.7 Å². The van der Waals surface area contributed by atoms with E-state index >= 15 is 0 Å². The maximum Gasteiger partial charge on any atom is 0.176 e. The van der Waals surface area contributed by atoms with Gasteiger partial charge in [-0.15, -0.1) is 10.2 Å². The maximum absolute atomic E-state index is 4.85. The van der Waals surface area contributed by atoms with Gasteiger partial charge in [-0.25, -0.2) is 4.68 Å². The highest BCUT2D eigenvalue weighted by molar-refractivity contribution is 6.00. The van der Waals surface area contributed by atoms with E-state index in [1.807, 2.05) is 89.7 Å². The normalized spacial score (nSPS) is 11.3. The van der Waals surface area contributed by atoms with Crippen LogP contribution in [0.15, 0.2) is 114 Å². The molecule has 0 aliphatic rings. The number of aryl methyl sites for hydroxylation is 2. The Hall–Kier alpha value is -5.10. The van der Waals surface area contributed by atoms with Crippen molar-refractivity contribution in [1.29, 1.82) is 0 Å². The minimum absolute atomic E-state index is 0.598. The Morgan fingerprint density at radius 2 is 1.39 bits per heavy atom. The largest absolute Gasteiger partial charge is 0.259 e. The van der Waals surface area contributed by atoms with Crippen molar-refractivity contribution in [2.24, 2.45) is 5.10 Å². The van der Waals surface area contributed by atoms with Crippen LogP contribution in [0, 0.1) is 13.8 Å². The third-order valence-electron chi connectivity index (χ3n) is 6.65. The molecular weight excluding hydrogens is 468 g/mol. The first-order valence-corrected chi connectivity index (χ1v) is 12.5. The standard InChI is InChI=1S/C32H26N6/c1-22-17-18-25(19-23(22)2)31-28-15-9-10-16-29(28)32(36-34-31)35-33-20-26-21-38(27-13-7-4-8-14-27)37-30(26)24-11-5-3-6-12-24/h3-21H,1-2H3,(H,35,36)/b33-20-. The van der Waals surface area contributed by atoms with E-state index in [0.29, 0.717) is 5.82 Å². The van der Waals surface area contributed by atoms with E-state index < -0.39 is 0 Å². The van der Waals surface area contributed by atoms with Gasteiger partial charge in [-0.2, -0.15) is 10.2 Å². The molecule has 184 valence electrons. The van der Waals surface area contributed by atoms with E-state index in [9.17, 15) is 0 Å². The summed E-state index contributed by atoms with van der Waals surface area (Å²) < 4.78 is 1.87. The van der Waals surface area contributed by atoms with Gasteiger partial charge in [0.25, 0.3) is 0 Å². The molecule has 0 fully saturated rings. The molecule has 6 rings (SSSR count). The zero-order chi connectivity index (χ0) is 25.9. The van der Waals surface area contributed by atoms with Gasteiger partial charge in [-0.3, -0.25) is 5.43 Å². The highest BCUT2D eigenvalue weighted by atomic mass is 15.3. The van der Waals surface area contributed by atoms with Gasteiger partial charge >= 0.3 is 0 Å². The summed E-state index contributed by atoms with van der Waals surface area (Å²) >= 11 is 0. The molecule has 0 amide bonds. The van der Waals surface area contributed by atoms with Crippen LogP contribution in [0.25, 0.3) is 39.0 Å². The number of hydrogen-bond acceptors (Lipinski definition) is 5. The van der Waals surface area contributed by atoms with Crippen molar-refractivity contribution in [2.75, 3.05) is 5.43 Å². The van der Waals surface area contributed by atoms with E-state index in [-0.39, 0.29) is 0 Å². The van der Waals surface area contributed by atoms with Gasteiger partial charge in [-0.05, 0) is 43.2 Å². The van der Waals surface area contributed by atoms with Gasteiger partial charge in [0.15, 0.2) is 5.82 Å². The van der Waals surface area contributed by atoms with Crippen LogP contribution in [-0.4, -0.2) is 26.2 Å². The zero-order valence-corrected chi connectivity index (χ0v) is 21.2. The quantitative estimate of drug-likeness (QED) is 0.196. The number of para-hydroxylation sites is 1. The monoisotopic (exact) mass is 494 g/mol. The Balaban J connectivity index is 1.35. The lowest BCUT2D eigenvalue weighted by atomic mass is 10.0. The number of aromatic nitrogens is 4. The number of benzene rings is 4. The van der Waals surface area contributed by atoms with Crippen molar-refractivity contribution in [3.8, 4) is 28.2 Å². The van der Waals surface area contributed by atoms with Gasteiger partial charge in [-0.1, -0.05) is 84.9 Å². The van der Waals surface area contributed by atoms with E-state index in [4.69, 9.17) is 5.10 Å². The second-order valence-electron chi connectivity index (χ2n) is 9.19. The highest BCUT2D eigenvalue weighted by Crippen LogP contribution is 2.31. The molecule has 0 spiro atoms. The molecule has 0 radical (unpaired) electrons. The van der Waals surface area contributed by atoms with E-state index in [0.717, 1.165) is 44.5 Å². The Bertz CT molecular complexity index is 1750. The van der Waals surface area contributed by atoms with Crippen LogP contribution in [0.3, 0.4) is 0 Å². The third kappa shape index (κ3) is 4.55. The summed E-state index contributed by atoms with van der Waals surface area (Å²) in [6.07, 6.45) is 3.76. The van der Waals surface area contributed by atoms with Crippen LogP contribution in [0.4, 0.5) is 5.82 Å². The van der Waals surface area contributed by atoms with Gasteiger partial charge < -0.3 is 0 Å². The van der Waals surface area contributed by atoms with Crippen molar-refractivity contribution < 1.29 is 0 Å². The first kappa shape index (κ1) is 23.3. The lowest BCUT2D eigenvalue weighted by Gasteiger charge is -2.10. The number of hydrogen-bond donors (Lipinski definition) is 1. The van der Waals surface area contributed by atoms with Crippen LogP contribution in [0.2, 0.25) is 0 Å². The third-order valence-corrected chi connectivity index (χ3v) is 6.65. The Morgan fingerprint density at radius 1 is 0.684 bits per heavy atom. The van der Waals surface area contributed by atoms with Gasteiger partial charge in [0.2, 0.25) is 0 Å². The summed E-state index contributed by atoms with van der Waals surface area (Å²) in [6.45, 7) is 4.23. The van der Waals surface area contributed by atoms with Crippen molar-refractivity contribution >= 4 is 22.8 Å². The molecule has 0 aliphatic heterocycles. The van der Waals surface area contributed by atoms with Crippen LogP contribution in [-0.2, 0) is 0 Å². The minimum Gasteiger partial charge on any atom is -0.259 e. The van der Waals surface area contributed by atoms with E-state index in [1.54, 1.807) is 6.21 Å². The molecule has 38 heavy (non-hydrogen) atoms. The number of rotatable bonds is 6. The first-order valence-electron chi connectivity index (χ1n) is 12.5. The number of hydrazone groups is 1. The summed E-state index contributed by atoms with van der Waals surface area (Å²) in [6, 6.07) is 34.7. The van der Waals surface area contributed by atoms with Gasteiger partial charge in [0.05, 0.1) is 11.9 Å². The van der Waals surface area contributed by atoms with Crippen LogP contribution >= 0.6 is 0 Å². The lowest BCUT2D eigenvalue weighted by molar-refractivity contribution is 0.884. The molecule has 2 aromatic heterocycles. The predicted octanol–water partition coefficient (Wildman–Crippen LogP) is 7.21. The molecule has 0 unspecified atom stereocenters. The molecule has 4 aromatic carbocycles. The minimum atomic E-state index is 0.598. The lowest BCUT2D eigenvalue weighted by Crippen LogP contribution is -1.99. The van der Waals surface area contributed by atoms with E-state index in [2.05, 4.69) is 58.8 Å². The number of nitrogens with one attached hydrogen (secondary N) is 1. The fraction of sp³-hybridized carbons (Fsp3) is 0.0625. The molecule has 0 saturated heterocycles. The average Bonchev–Trinajstić information content (AvgIpc) is 3.40. The number of anilines is 1. The van der Waals surface area contributed by atoms with Crippen molar-refractivity contribution in [1.82, 2.24) is 20.0 Å². The van der Waals surface area contributed by atoms with Gasteiger partial charge in [0.1, 0.15) is 11.4 Å². The van der Waals surface area contributed by atoms with Gasteiger partial charge in [0, 0.05) is 33.7 Å². The Labute approximate surface area is 221 Å². The molecule has 1 N–H and O–H groups in total. The molecule has 2 heterocycles. The van der Waals surface area contributed by atoms with Crippen LogP contribution < -0.4 is 5.43 Å². The zero-order valence-electron chi connectivity index (χ0n) is 21.2. The topological polar surface area (TPSA) is 68.0 Å². The summed E-state index contributed by atoms with van der Waals surface area (Å²) in [7, 11) is 0. The molecule has 0 atom stereocenters. The van der Waals surface area contributed by atoms with Crippen molar-refractivity contribution in [3.05, 3.63) is 126 Å². The summed E-state index contributed by atoms with van der Waals surface area (Å²) in [5.74, 6) is 0.598. The molecule has 0 bridgehead atoms. The Kier molecular flexibility index (Phi) is 6.20. The summed E-state index contributed by atoms with van der Waals surface area (Å²) in [5.41, 5.74) is 11.2. The van der Waals surface area contributed by atoms with E-state index in [1.165, 1.54) is 11.1 Å². The second-order valence-corrected chi connectivity index (χ2v) is 9.19. The molecule has 6 heteroatoms. The van der Waals surface area contributed by atoms with Crippen molar-refractivity contribution in [3.63, 3.8) is 0 Å².